The number of carbonyl (C=O) groups excluding carboxylic acids is 1. The van der Waals surface area contributed by atoms with Gasteiger partial charge < -0.3 is 5.32 Å². The summed E-state index contributed by atoms with van der Waals surface area (Å²) >= 11 is 1.13. The number of nitrogens with one attached hydrogen (secondary N) is 2. The van der Waals surface area contributed by atoms with Crippen LogP contribution in [0.15, 0.2) is 101 Å². The second-order valence-corrected chi connectivity index (χ2v) is 10.1. The fraction of sp³-hybridized carbons (Fsp3) is 0. The van der Waals surface area contributed by atoms with Gasteiger partial charge in [0.2, 0.25) is 0 Å². The summed E-state index contributed by atoms with van der Waals surface area (Å²) in [5.74, 6) is -0.340. The van der Waals surface area contributed by atoms with E-state index < -0.39 is 10.0 Å². The van der Waals surface area contributed by atoms with E-state index in [0.717, 1.165) is 28.1 Å². The third-order valence-electron chi connectivity index (χ3n) is 4.99. The third kappa shape index (κ3) is 4.36. The van der Waals surface area contributed by atoms with Crippen LogP contribution in [0.25, 0.3) is 16.7 Å². The largest absolute Gasteiger partial charge is 0.322 e. The molecular formula is C24H18N4O3S2. The predicted molar refractivity (Wildman–Crippen MR) is 131 cm³/mol. The van der Waals surface area contributed by atoms with Crippen molar-refractivity contribution in [3.05, 3.63) is 102 Å². The molecule has 0 aliphatic carbocycles. The third-order valence-corrected chi connectivity index (χ3v) is 7.77. The minimum atomic E-state index is -3.68. The molecule has 0 atom stereocenters. The monoisotopic (exact) mass is 474 g/mol. The van der Waals surface area contributed by atoms with Crippen molar-refractivity contribution in [2.45, 2.75) is 4.21 Å². The molecule has 33 heavy (non-hydrogen) atoms. The molecule has 0 saturated carbocycles. The van der Waals surface area contributed by atoms with Crippen LogP contribution < -0.4 is 10.0 Å². The molecule has 0 aliphatic rings. The summed E-state index contributed by atoms with van der Waals surface area (Å²) in [5.41, 5.74) is 4.11. The Balaban J connectivity index is 1.31. The molecule has 2 aromatic heterocycles. The van der Waals surface area contributed by atoms with E-state index >= 15 is 0 Å². The topological polar surface area (TPSA) is 93.1 Å². The Hall–Kier alpha value is -3.95. The SMILES string of the molecule is O=C(Nc1ccc(-n2cnc3ccccc32)cc1)c1cccc(NS(=O)(=O)c2cccs2)c1. The lowest BCUT2D eigenvalue weighted by Crippen LogP contribution is -2.14. The number of para-hydroxylation sites is 2. The number of hydrogen-bond donors (Lipinski definition) is 2. The number of amides is 1. The average Bonchev–Trinajstić information content (AvgIpc) is 3.51. The van der Waals surface area contributed by atoms with Gasteiger partial charge in [-0.2, -0.15) is 0 Å². The Labute approximate surface area is 194 Å². The van der Waals surface area contributed by atoms with Crippen molar-refractivity contribution in [3.8, 4) is 5.69 Å². The van der Waals surface area contributed by atoms with Gasteiger partial charge in [0.15, 0.2) is 0 Å². The number of nitrogens with zero attached hydrogens (tertiary/aromatic N) is 2. The van der Waals surface area contributed by atoms with Crippen LogP contribution >= 0.6 is 11.3 Å². The van der Waals surface area contributed by atoms with Crippen LogP contribution in [0.4, 0.5) is 11.4 Å². The summed E-state index contributed by atoms with van der Waals surface area (Å²) in [6.07, 6.45) is 1.76. The highest BCUT2D eigenvalue weighted by atomic mass is 32.2. The zero-order valence-electron chi connectivity index (χ0n) is 17.2. The van der Waals surface area contributed by atoms with E-state index in [1.165, 1.54) is 12.1 Å². The van der Waals surface area contributed by atoms with E-state index in [9.17, 15) is 13.2 Å². The molecule has 3 aromatic carbocycles. The van der Waals surface area contributed by atoms with Crippen LogP contribution in [-0.2, 0) is 10.0 Å². The van der Waals surface area contributed by atoms with Crippen LogP contribution in [0.1, 0.15) is 10.4 Å². The van der Waals surface area contributed by atoms with Gasteiger partial charge in [-0.1, -0.05) is 24.3 Å². The molecule has 5 aromatic rings. The minimum Gasteiger partial charge on any atom is -0.322 e. The Morgan fingerprint density at radius 1 is 0.879 bits per heavy atom. The van der Waals surface area contributed by atoms with Crippen LogP contribution in [0.2, 0.25) is 0 Å². The van der Waals surface area contributed by atoms with Gasteiger partial charge in [-0.25, -0.2) is 13.4 Å². The smallest absolute Gasteiger partial charge is 0.271 e. The van der Waals surface area contributed by atoms with Crippen molar-refractivity contribution >= 4 is 49.7 Å². The number of rotatable bonds is 6. The molecule has 7 nitrogen and oxygen atoms in total. The Bertz CT molecular complexity index is 1540. The Morgan fingerprint density at radius 2 is 1.70 bits per heavy atom. The van der Waals surface area contributed by atoms with Crippen molar-refractivity contribution in [2.75, 3.05) is 10.0 Å². The lowest BCUT2D eigenvalue weighted by Gasteiger charge is -2.10. The minimum absolute atomic E-state index is 0.211. The second-order valence-electron chi connectivity index (χ2n) is 7.22. The molecule has 0 saturated heterocycles. The number of imidazole rings is 1. The number of anilines is 2. The molecule has 0 radical (unpaired) electrons. The first-order chi connectivity index (χ1) is 16.0. The number of carbonyl (C=O) groups is 1. The zero-order chi connectivity index (χ0) is 22.8. The number of benzene rings is 3. The van der Waals surface area contributed by atoms with E-state index in [2.05, 4.69) is 15.0 Å². The maximum absolute atomic E-state index is 12.7. The quantitative estimate of drug-likeness (QED) is 0.356. The van der Waals surface area contributed by atoms with Gasteiger partial charge in [-0.05, 0) is 66.0 Å². The van der Waals surface area contributed by atoms with Crippen molar-refractivity contribution in [3.63, 3.8) is 0 Å². The number of thiophene rings is 1. The van der Waals surface area contributed by atoms with Gasteiger partial charge in [-0.3, -0.25) is 14.1 Å². The molecule has 1 amide bonds. The molecule has 2 N–H and O–H groups in total. The first kappa shape index (κ1) is 20.9. The summed E-state index contributed by atoms with van der Waals surface area (Å²) in [5, 5.41) is 4.54. The first-order valence-electron chi connectivity index (χ1n) is 10.00. The number of aromatic nitrogens is 2. The molecule has 2 heterocycles. The van der Waals surface area contributed by atoms with Gasteiger partial charge in [0.1, 0.15) is 10.5 Å². The molecule has 9 heteroatoms. The van der Waals surface area contributed by atoms with Gasteiger partial charge in [0.05, 0.1) is 11.0 Å². The summed E-state index contributed by atoms with van der Waals surface area (Å²) in [6, 6.07) is 24.8. The molecule has 0 unspecified atom stereocenters. The van der Waals surface area contributed by atoms with E-state index in [0.29, 0.717) is 16.9 Å². The summed E-state index contributed by atoms with van der Waals surface area (Å²) < 4.78 is 29.6. The van der Waals surface area contributed by atoms with Crippen molar-refractivity contribution in [1.82, 2.24) is 9.55 Å². The molecular weight excluding hydrogens is 456 g/mol. The predicted octanol–water partition coefficient (Wildman–Crippen LogP) is 5.14. The fourth-order valence-corrected chi connectivity index (χ4v) is 5.46. The van der Waals surface area contributed by atoms with Gasteiger partial charge in [0, 0.05) is 22.6 Å². The molecule has 0 aliphatic heterocycles. The average molecular weight is 475 g/mol. The maximum atomic E-state index is 12.7. The first-order valence-corrected chi connectivity index (χ1v) is 12.4. The normalized spacial score (nSPS) is 11.4. The van der Waals surface area contributed by atoms with Crippen LogP contribution in [0.3, 0.4) is 0 Å². The van der Waals surface area contributed by atoms with E-state index in [4.69, 9.17) is 0 Å². The van der Waals surface area contributed by atoms with Crippen molar-refractivity contribution in [1.29, 1.82) is 0 Å². The van der Waals surface area contributed by atoms with E-state index in [1.807, 2.05) is 53.1 Å². The second kappa shape index (κ2) is 8.53. The van der Waals surface area contributed by atoms with Crippen molar-refractivity contribution in [2.24, 2.45) is 0 Å². The molecule has 0 bridgehead atoms. The summed E-state index contributed by atoms with van der Waals surface area (Å²) in [6.45, 7) is 0. The van der Waals surface area contributed by atoms with E-state index in [1.54, 1.807) is 36.0 Å². The van der Waals surface area contributed by atoms with E-state index in [-0.39, 0.29) is 10.1 Å². The van der Waals surface area contributed by atoms with Crippen LogP contribution in [0.5, 0.6) is 0 Å². The number of sulfonamides is 1. The highest BCUT2D eigenvalue weighted by Gasteiger charge is 2.16. The standard InChI is InChI=1S/C24H18N4O3S2/c29-24(17-5-3-6-19(15-17)27-33(30,31)23-9-4-14-32-23)26-18-10-12-20(13-11-18)28-16-25-21-7-1-2-8-22(21)28/h1-16,27H,(H,26,29). The van der Waals surface area contributed by atoms with Crippen molar-refractivity contribution < 1.29 is 13.2 Å². The lowest BCUT2D eigenvalue weighted by molar-refractivity contribution is 0.102. The molecule has 164 valence electrons. The molecule has 0 spiro atoms. The van der Waals surface area contributed by atoms with Gasteiger partial charge in [-0.15, -0.1) is 11.3 Å². The fourth-order valence-electron chi connectivity index (χ4n) is 3.42. The van der Waals surface area contributed by atoms with Crippen LogP contribution in [0, 0.1) is 0 Å². The summed E-state index contributed by atoms with van der Waals surface area (Å²) in [7, 11) is -3.68. The van der Waals surface area contributed by atoms with Gasteiger partial charge >= 0.3 is 0 Å². The Morgan fingerprint density at radius 3 is 2.48 bits per heavy atom. The lowest BCUT2D eigenvalue weighted by atomic mass is 10.2. The number of fused-ring (bicyclic) bond motifs is 1. The van der Waals surface area contributed by atoms with Gasteiger partial charge in [0.25, 0.3) is 15.9 Å². The zero-order valence-corrected chi connectivity index (χ0v) is 18.8. The number of hydrogen-bond acceptors (Lipinski definition) is 5. The molecule has 5 rings (SSSR count). The van der Waals surface area contributed by atoms with Crippen LogP contribution in [-0.4, -0.2) is 23.9 Å². The maximum Gasteiger partial charge on any atom is 0.271 e. The highest BCUT2D eigenvalue weighted by molar-refractivity contribution is 7.94. The highest BCUT2D eigenvalue weighted by Crippen LogP contribution is 2.22. The summed E-state index contributed by atoms with van der Waals surface area (Å²) in [4.78, 5) is 17.1. The Kier molecular flexibility index (Phi) is 5.41. The molecule has 0 fully saturated rings.